The molecule has 2 aliphatic rings. The molecule has 2 saturated heterocycles. The summed E-state index contributed by atoms with van der Waals surface area (Å²) in [6.07, 6.45) is 4.14. The van der Waals surface area contributed by atoms with Crippen molar-refractivity contribution in [2.24, 2.45) is 0 Å². The minimum absolute atomic E-state index is 0.00963. The number of hydrogen-bond acceptors (Lipinski definition) is 9. The van der Waals surface area contributed by atoms with Gasteiger partial charge in [-0.05, 0) is 50.6 Å². The van der Waals surface area contributed by atoms with E-state index in [0.717, 1.165) is 0 Å². The number of pyridine rings is 1. The van der Waals surface area contributed by atoms with Crippen molar-refractivity contribution < 1.29 is 31.4 Å². The van der Waals surface area contributed by atoms with Gasteiger partial charge in [-0.1, -0.05) is 6.07 Å². The minimum atomic E-state index is -3.68. The van der Waals surface area contributed by atoms with Crippen molar-refractivity contribution in [1.82, 2.24) is 24.3 Å². The number of aromatic nitrogens is 2. The molecule has 39 heavy (non-hydrogen) atoms. The van der Waals surface area contributed by atoms with Crippen molar-refractivity contribution in [3.05, 3.63) is 48.8 Å². The van der Waals surface area contributed by atoms with E-state index >= 15 is 0 Å². The number of aliphatic hydroxyl groups is 1. The van der Waals surface area contributed by atoms with Gasteiger partial charge in [0.1, 0.15) is 28.9 Å². The molecular formula is C25H33N5O7S2. The minimum Gasteiger partial charge on any atom is -0.491 e. The van der Waals surface area contributed by atoms with Crippen LogP contribution in [-0.2, 0) is 24.8 Å². The van der Waals surface area contributed by atoms with Crippen LogP contribution in [0.25, 0.3) is 11.0 Å². The topological polar surface area (TPSA) is 163 Å². The van der Waals surface area contributed by atoms with Crippen molar-refractivity contribution in [2.45, 2.75) is 46.8 Å². The molecule has 4 heterocycles. The Morgan fingerprint density at radius 1 is 1.23 bits per heavy atom. The number of fused-ring (bicyclic) bond motifs is 1. The molecule has 0 amide bonds. The third kappa shape index (κ3) is 5.96. The highest BCUT2D eigenvalue weighted by atomic mass is 32.2. The Balaban J connectivity index is 1.09. The zero-order valence-corrected chi connectivity index (χ0v) is 23.2. The van der Waals surface area contributed by atoms with Crippen LogP contribution in [0, 0.1) is 0 Å². The summed E-state index contributed by atoms with van der Waals surface area (Å²) in [5.41, 5.74) is 0.723. The predicted octanol–water partition coefficient (Wildman–Crippen LogP) is 0.813. The molecule has 0 radical (unpaired) electrons. The normalized spacial score (nSPS) is 20.9. The van der Waals surface area contributed by atoms with E-state index in [1.165, 1.54) is 29.7 Å². The number of nitrogens with one attached hydrogen (secondary N) is 3. The van der Waals surface area contributed by atoms with Crippen molar-refractivity contribution in [1.29, 1.82) is 0 Å². The molecule has 3 aromatic rings. The molecular weight excluding hydrogens is 546 g/mol. The first-order valence-corrected chi connectivity index (χ1v) is 15.7. The average Bonchev–Trinajstić information content (AvgIpc) is 3.56. The lowest BCUT2D eigenvalue weighted by molar-refractivity contribution is -0.0312. The third-order valence-corrected chi connectivity index (χ3v) is 10.7. The number of sulfonamides is 2. The summed E-state index contributed by atoms with van der Waals surface area (Å²) < 4.78 is 66.0. The average molecular weight is 580 g/mol. The molecule has 2 fully saturated rings. The molecule has 212 valence electrons. The van der Waals surface area contributed by atoms with Crippen molar-refractivity contribution in [2.75, 3.05) is 39.9 Å². The molecule has 12 nitrogen and oxygen atoms in total. The Bertz CT molecular complexity index is 1520. The second-order valence-corrected chi connectivity index (χ2v) is 13.7. The molecule has 1 spiro atoms. The lowest BCUT2D eigenvalue weighted by Crippen LogP contribution is -2.47. The van der Waals surface area contributed by atoms with Crippen LogP contribution < -0.4 is 14.8 Å². The monoisotopic (exact) mass is 579 g/mol. The van der Waals surface area contributed by atoms with Crippen LogP contribution in [0.1, 0.15) is 19.3 Å². The van der Waals surface area contributed by atoms with E-state index in [0.29, 0.717) is 55.7 Å². The fourth-order valence-electron chi connectivity index (χ4n) is 5.13. The van der Waals surface area contributed by atoms with E-state index in [1.54, 1.807) is 30.5 Å². The largest absolute Gasteiger partial charge is 0.491 e. The van der Waals surface area contributed by atoms with Gasteiger partial charge in [0.15, 0.2) is 0 Å². The van der Waals surface area contributed by atoms with Gasteiger partial charge in [-0.15, -0.1) is 0 Å². The maximum atomic E-state index is 13.3. The molecule has 1 unspecified atom stereocenters. The second-order valence-electron chi connectivity index (χ2n) is 9.91. The smallest absolute Gasteiger partial charge is 0.246 e. The van der Waals surface area contributed by atoms with Gasteiger partial charge < -0.3 is 24.9 Å². The molecule has 0 aliphatic carbocycles. The van der Waals surface area contributed by atoms with Gasteiger partial charge in [0.25, 0.3) is 0 Å². The zero-order chi connectivity index (χ0) is 27.7. The summed E-state index contributed by atoms with van der Waals surface area (Å²) in [7, 11) is -5.93. The van der Waals surface area contributed by atoms with Crippen LogP contribution in [0.15, 0.2) is 58.6 Å². The van der Waals surface area contributed by atoms with Crippen molar-refractivity contribution in [3.63, 3.8) is 0 Å². The molecule has 2 aliphatic heterocycles. The number of ether oxygens (including phenoxy) is 2. The third-order valence-electron chi connectivity index (χ3n) is 7.33. The Labute approximate surface area is 227 Å². The van der Waals surface area contributed by atoms with E-state index in [4.69, 9.17) is 9.47 Å². The number of hydrogen-bond donors (Lipinski definition) is 4. The van der Waals surface area contributed by atoms with Crippen molar-refractivity contribution in [3.8, 4) is 5.75 Å². The van der Waals surface area contributed by atoms with Crippen LogP contribution in [0.5, 0.6) is 5.75 Å². The van der Waals surface area contributed by atoms with Crippen LogP contribution in [0.3, 0.4) is 0 Å². The van der Waals surface area contributed by atoms with Gasteiger partial charge >= 0.3 is 0 Å². The number of aliphatic hydroxyl groups excluding tert-OH is 1. The first-order chi connectivity index (χ1) is 18.6. The molecule has 0 bridgehead atoms. The summed E-state index contributed by atoms with van der Waals surface area (Å²) in [5.74, 6) is 0.346. The Morgan fingerprint density at radius 3 is 2.79 bits per heavy atom. The quantitative estimate of drug-likeness (QED) is 0.272. The molecule has 0 saturated carbocycles. The standard InChI is InChI=1S/C25H33N5O7S2/c1-26-38(32,33)21-5-2-4-20(12-21)36-17-19(31)14-28-18-13-25(37-16-18)7-10-30(11-8-25)39(34,35)23-15-29-22-6-3-9-27-24(22)23/h2-6,9,12,15,18-19,26,28-29,31H,7-8,10-11,13-14,16-17H2,1H3/t18-,19?/m1/s1. The highest BCUT2D eigenvalue weighted by Gasteiger charge is 2.45. The zero-order valence-electron chi connectivity index (χ0n) is 21.5. The Morgan fingerprint density at radius 2 is 2.03 bits per heavy atom. The van der Waals surface area contributed by atoms with E-state index in [-0.39, 0.29) is 29.0 Å². The first kappa shape index (κ1) is 28.0. The highest BCUT2D eigenvalue weighted by molar-refractivity contribution is 7.89. The predicted molar refractivity (Wildman–Crippen MR) is 143 cm³/mol. The van der Waals surface area contributed by atoms with Crippen LogP contribution in [0.2, 0.25) is 0 Å². The maximum Gasteiger partial charge on any atom is 0.246 e. The number of rotatable bonds is 10. The molecule has 2 atom stereocenters. The fourth-order valence-corrected chi connectivity index (χ4v) is 7.45. The summed E-state index contributed by atoms with van der Waals surface area (Å²) in [4.78, 5) is 7.49. The van der Waals surface area contributed by atoms with E-state index in [9.17, 15) is 21.9 Å². The van der Waals surface area contributed by atoms with Gasteiger partial charge in [0, 0.05) is 44.1 Å². The summed E-state index contributed by atoms with van der Waals surface area (Å²) >= 11 is 0. The second kappa shape index (κ2) is 11.1. The van der Waals surface area contributed by atoms with Crippen LogP contribution in [-0.4, -0.2) is 93.9 Å². The number of aromatic amines is 1. The van der Waals surface area contributed by atoms with E-state index in [1.807, 2.05) is 0 Å². The van der Waals surface area contributed by atoms with E-state index in [2.05, 4.69) is 20.0 Å². The van der Waals surface area contributed by atoms with E-state index < -0.39 is 31.8 Å². The summed E-state index contributed by atoms with van der Waals surface area (Å²) in [6, 6.07) is 9.65. The molecule has 4 N–H and O–H groups in total. The number of H-pyrrole nitrogens is 1. The highest BCUT2D eigenvalue weighted by Crippen LogP contribution is 2.38. The van der Waals surface area contributed by atoms with Gasteiger partial charge in [0.2, 0.25) is 20.0 Å². The molecule has 2 aromatic heterocycles. The SMILES string of the molecule is CNS(=O)(=O)c1cccc(OCC(O)CN[C@H]2COC3(CCN(S(=O)(=O)c4c[nH]c5cccnc45)CC3)C2)c1. The van der Waals surface area contributed by atoms with Gasteiger partial charge in [-0.3, -0.25) is 4.98 Å². The van der Waals surface area contributed by atoms with Crippen LogP contribution >= 0.6 is 0 Å². The first-order valence-electron chi connectivity index (χ1n) is 12.8. The Hall–Kier alpha value is -2.59. The van der Waals surface area contributed by atoms with Gasteiger partial charge in [-0.2, -0.15) is 4.31 Å². The van der Waals surface area contributed by atoms with Gasteiger partial charge in [-0.25, -0.2) is 21.6 Å². The Kier molecular flexibility index (Phi) is 7.97. The fraction of sp³-hybridized carbons (Fsp3) is 0.480. The number of benzene rings is 1. The van der Waals surface area contributed by atoms with Crippen LogP contribution in [0.4, 0.5) is 0 Å². The summed E-state index contributed by atoms with van der Waals surface area (Å²) in [5, 5.41) is 13.7. The lowest BCUT2D eigenvalue weighted by Gasteiger charge is -2.37. The molecule has 1 aromatic carbocycles. The lowest BCUT2D eigenvalue weighted by atomic mass is 9.88. The number of nitrogens with zero attached hydrogens (tertiary/aromatic N) is 2. The summed E-state index contributed by atoms with van der Waals surface area (Å²) in [6.45, 7) is 1.44. The number of piperidine rings is 1. The molecule has 14 heteroatoms. The van der Waals surface area contributed by atoms with Gasteiger partial charge in [0.05, 0.1) is 22.6 Å². The maximum absolute atomic E-state index is 13.3. The van der Waals surface area contributed by atoms with Crippen molar-refractivity contribution >= 4 is 31.1 Å². The molecule has 5 rings (SSSR count).